The predicted molar refractivity (Wildman–Crippen MR) is 91.4 cm³/mol. The SMILES string of the molecule is COc1ccc(C(Cl)c2cc3c(s2)CCSC3)c(OC)c1. The van der Waals surface area contributed by atoms with Gasteiger partial charge in [0, 0.05) is 27.1 Å². The molecule has 0 aliphatic carbocycles. The summed E-state index contributed by atoms with van der Waals surface area (Å²) in [4.78, 5) is 2.69. The van der Waals surface area contributed by atoms with E-state index in [1.807, 2.05) is 41.3 Å². The molecule has 1 unspecified atom stereocenters. The number of thiophene rings is 1. The number of methoxy groups -OCH3 is 2. The highest BCUT2D eigenvalue weighted by Crippen LogP contribution is 2.42. The van der Waals surface area contributed by atoms with Crippen LogP contribution in [0.1, 0.15) is 26.3 Å². The first-order valence-electron chi connectivity index (χ1n) is 6.78. The van der Waals surface area contributed by atoms with Crippen molar-refractivity contribution in [3.05, 3.63) is 45.1 Å². The summed E-state index contributed by atoms with van der Waals surface area (Å²) < 4.78 is 10.7. The van der Waals surface area contributed by atoms with Crippen LogP contribution in [0.3, 0.4) is 0 Å². The molecule has 1 atom stereocenters. The Hall–Kier alpha value is -0.840. The van der Waals surface area contributed by atoms with Gasteiger partial charge >= 0.3 is 0 Å². The maximum atomic E-state index is 6.71. The maximum Gasteiger partial charge on any atom is 0.127 e. The lowest BCUT2D eigenvalue weighted by atomic mass is 10.1. The number of fused-ring (bicyclic) bond motifs is 1. The third-order valence-electron chi connectivity index (χ3n) is 3.61. The minimum atomic E-state index is -0.175. The molecule has 21 heavy (non-hydrogen) atoms. The molecule has 1 aliphatic rings. The van der Waals surface area contributed by atoms with Crippen molar-refractivity contribution in [2.24, 2.45) is 0 Å². The second-order valence-electron chi connectivity index (χ2n) is 4.87. The first-order chi connectivity index (χ1) is 10.2. The van der Waals surface area contributed by atoms with Gasteiger partial charge in [0.1, 0.15) is 11.5 Å². The van der Waals surface area contributed by atoms with Crippen LogP contribution in [-0.4, -0.2) is 20.0 Å². The summed E-state index contributed by atoms with van der Waals surface area (Å²) in [5.74, 6) is 3.87. The monoisotopic (exact) mass is 340 g/mol. The van der Waals surface area contributed by atoms with Crippen molar-refractivity contribution in [1.29, 1.82) is 0 Å². The number of hydrogen-bond donors (Lipinski definition) is 0. The number of thioether (sulfide) groups is 1. The molecule has 2 heterocycles. The molecular formula is C16H17ClO2S2. The minimum Gasteiger partial charge on any atom is -0.497 e. The van der Waals surface area contributed by atoms with E-state index in [9.17, 15) is 0 Å². The summed E-state index contributed by atoms with van der Waals surface area (Å²) in [6.45, 7) is 0. The highest BCUT2D eigenvalue weighted by atomic mass is 35.5. The van der Waals surface area contributed by atoms with Gasteiger partial charge in [-0.2, -0.15) is 11.8 Å². The Morgan fingerprint density at radius 1 is 1.19 bits per heavy atom. The zero-order chi connectivity index (χ0) is 14.8. The van der Waals surface area contributed by atoms with Gasteiger partial charge in [0.25, 0.3) is 0 Å². The molecule has 0 saturated carbocycles. The van der Waals surface area contributed by atoms with Crippen LogP contribution in [-0.2, 0) is 12.2 Å². The Labute approximate surface area is 138 Å². The fourth-order valence-corrected chi connectivity index (χ4v) is 5.23. The van der Waals surface area contributed by atoms with Crippen LogP contribution in [0.4, 0.5) is 0 Å². The van der Waals surface area contributed by atoms with E-state index >= 15 is 0 Å². The van der Waals surface area contributed by atoms with Crippen molar-refractivity contribution in [3.63, 3.8) is 0 Å². The third kappa shape index (κ3) is 3.03. The Morgan fingerprint density at radius 2 is 2.05 bits per heavy atom. The minimum absolute atomic E-state index is 0.175. The van der Waals surface area contributed by atoms with E-state index < -0.39 is 0 Å². The number of halogens is 1. The van der Waals surface area contributed by atoms with Gasteiger partial charge in [-0.05, 0) is 35.9 Å². The zero-order valence-electron chi connectivity index (χ0n) is 12.0. The molecule has 0 amide bonds. The van der Waals surface area contributed by atoms with Gasteiger partial charge < -0.3 is 9.47 Å². The van der Waals surface area contributed by atoms with Crippen molar-refractivity contribution in [1.82, 2.24) is 0 Å². The topological polar surface area (TPSA) is 18.5 Å². The summed E-state index contributed by atoms with van der Waals surface area (Å²) >= 11 is 10.5. The molecule has 1 aromatic carbocycles. The van der Waals surface area contributed by atoms with Gasteiger partial charge in [0.15, 0.2) is 0 Å². The number of alkyl halides is 1. The van der Waals surface area contributed by atoms with Crippen LogP contribution in [0, 0.1) is 0 Å². The van der Waals surface area contributed by atoms with Crippen molar-refractivity contribution < 1.29 is 9.47 Å². The second kappa shape index (κ2) is 6.51. The quantitative estimate of drug-likeness (QED) is 0.739. The van der Waals surface area contributed by atoms with Gasteiger partial charge in [-0.3, -0.25) is 0 Å². The maximum absolute atomic E-state index is 6.71. The average Bonchev–Trinajstić information content (AvgIpc) is 2.97. The Bertz CT molecular complexity index is 616. The Balaban J connectivity index is 1.94. The molecule has 1 aromatic heterocycles. The zero-order valence-corrected chi connectivity index (χ0v) is 14.4. The van der Waals surface area contributed by atoms with E-state index in [1.54, 1.807) is 14.2 Å². The molecule has 112 valence electrons. The molecule has 2 aromatic rings. The second-order valence-corrected chi connectivity index (χ2v) is 7.58. The van der Waals surface area contributed by atoms with Crippen LogP contribution in [0.2, 0.25) is 0 Å². The summed E-state index contributed by atoms with van der Waals surface area (Å²) in [6.07, 6.45) is 1.16. The molecule has 0 saturated heterocycles. The first-order valence-corrected chi connectivity index (χ1v) is 9.19. The van der Waals surface area contributed by atoms with Gasteiger partial charge in [-0.25, -0.2) is 0 Å². The molecule has 3 rings (SSSR count). The average molecular weight is 341 g/mol. The predicted octanol–water partition coefficient (Wildman–Crippen LogP) is 4.88. The normalized spacial score (nSPS) is 15.4. The number of hydrogen-bond acceptors (Lipinski definition) is 4. The lowest BCUT2D eigenvalue weighted by Crippen LogP contribution is -1.97. The summed E-state index contributed by atoms with van der Waals surface area (Å²) in [5.41, 5.74) is 2.44. The summed E-state index contributed by atoms with van der Waals surface area (Å²) in [5, 5.41) is -0.175. The van der Waals surface area contributed by atoms with Crippen molar-refractivity contribution in [3.8, 4) is 11.5 Å². The van der Waals surface area contributed by atoms with Crippen LogP contribution in [0.15, 0.2) is 24.3 Å². The van der Waals surface area contributed by atoms with Gasteiger partial charge in [0.05, 0.1) is 19.6 Å². The smallest absolute Gasteiger partial charge is 0.127 e. The number of rotatable bonds is 4. The number of aryl methyl sites for hydroxylation is 1. The lowest BCUT2D eigenvalue weighted by Gasteiger charge is -2.14. The molecule has 0 spiro atoms. The van der Waals surface area contributed by atoms with E-state index in [1.165, 1.54) is 21.1 Å². The molecule has 0 N–H and O–H groups in total. The van der Waals surface area contributed by atoms with Crippen molar-refractivity contribution in [2.45, 2.75) is 17.6 Å². The third-order valence-corrected chi connectivity index (χ3v) is 6.52. The van der Waals surface area contributed by atoms with Gasteiger partial charge in [-0.1, -0.05) is 0 Å². The fourth-order valence-electron chi connectivity index (χ4n) is 2.48. The summed E-state index contributed by atoms with van der Waals surface area (Å²) in [7, 11) is 3.32. The molecule has 2 nitrogen and oxygen atoms in total. The highest BCUT2D eigenvalue weighted by molar-refractivity contribution is 7.98. The fraction of sp³-hybridized carbons (Fsp3) is 0.375. The van der Waals surface area contributed by atoms with E-state index in [0.29, 0.717) is 0 Å². The van der Waals surface area contributed by atoms with E-state index in [2.05, 4.69) is 6.07 Å². The van der Waals surface area contributed by atoms with Crippen LogP contribution < -0.4 is 9.47 Å². The van der Waals surface area contributed by atoms with Crippen molar-refractivity contribution in [2.75, 3.05) is 20.0 Å². The molecule has 0 fully saturated rings. The van der Waals surface area contributed by atoms with Crippen LogP contribution in [0.5, 0.6) is 11.5 Å². The molecule has 5 heteroatoms. The number of ether oxygens (including phenoxy) is 2. The molecule has 0 radical (unpaired) electrons. The van der Waals surface area contributed by atoms with E-state index in [-0.39, 0.29) is 5.38 Å². The van der Waals surface area contributed by atoms with Gasteiger partial charge in [-0.15, -0.1) is 22.9 Å². The first kappa shape index (κ1) is 15.1. The van der Waals surface area contributed by atoms with Gasteiger partial charge in [0.2, 0.25) is 0 Å². The lowest BCUT2D eigenvalue weighted by molar-refractivity contribution is 0.391. The Kier molecular flexibility index (Phi) is 4.67. The molecular weight excluding hydrogens is 324 g/mol. The van der Waals surface area contributed by atoms with Crippen molar-refractivity contribution >= 4 is 34.7 Å². The van der Waals surface area contributed by atoms with E-state index in [0.717, 1.165) is 29.2 Å². The highest BCUT2D eigenvalue weighted by Gasteiger charge is 2.21. The largest absolute Gasteiger partial charge is 0.497 e. The van der Waals surface area contributed by atoms with E-state index in [4.69, 9.17) is 21.1 Å². The molecule has 0 bridgehead atoms. The number of benzene rings is 1. The Morgan fingerprint density at radius 3 is 2.76 bits per heavy atom. The van der Waals surface area contributed by atoms with Crippen LogP contribution in [0.25, 0.3) is 0 Å². The molecule has 1 aliphatic heterocycles. The summed E-state index contributed by atoms with van der Waals surface area (Å²) in [6, 6.07) is 8.06. The standard InChI is InChI=1S/C16H17ClO2S2/c1-18-11-3-4-12(13(8-11)19-2)16(17)15-7-10-9-20-6-5-14(10)21-15/h3-4,7-8,16H,5-6,9H2,1-2H3. The van der Waals surface area contributed by atoms with Crippen LogP contribution >= 0.6 is 34.7 Å².